The third-order valence-electron chi connectivity index (χ3n) is 3.06. The Bertz CT molecular complexity index is 731. The van der Waals surface area contributed by atoms with Gasteiger partial charge in [-0.2, -0.15) is 5.10 Å². The number of phenols is 1. The molecule has 2 aromatic carbocycles. The molecular formula is C14H13N3O. The molecule has 0 radical (unpaired) electrons. The van der Waals surface area contributed by atoms with Gasteiger partial charge in [0.1, 0.15) is 5.75 Å². The average molecular weight is 239 g/mol. The number of rotatable bonds is 1. The lowest BCUT2D eigenvalue weighted by molar-refractivity contribution is 0.477. The molecule has 18 heavy (non-hydrogen) atoms. The van der Waals surface area contributed by atoms with Gasteiger partial charge in [0.2, 0.25) is 0 Å². The van der Waals surface area contributed by atoms with Gasteiger partial charge in [-0.25, -0.2) is 0 Å². The monoisotopic (exact) mass is 239 g/mol. The fourth-order valence-electron chi connectivity index (χ4n) is 2.09. The first-order valence-electron chi connectivity index (χ1n) is 5.69. The number of fused-ring (bicyclic) bond motifs is 1. The molecule has 0 atom stereocenters. The van der Waals surface area contributed by atoms with Crippen LogP contribution in [0, 0.1) is 6.92 Å². The lowest BCUT2D eigenvalue weighted by Gasteiger charge is -2.06. The minimum absolute atomic E-state index is 0.271. The van der Waals surface area contributed by atoms with Gasteiger partial charge < -0.3 is 10.8 Å². The number of aromatic hydroxyl groups is 1. The molecule has 4 heteroatoms. The molecule has 0 unspecified atom stereocenters. The van der Waals surface area contributed by atoms with Crippen molar-refractivity contribution in [1.29, 1.82) is 0 Å². The maximum Gasteiger partial charge on any atom is 0.153 e. The molecule has 3 aromatic rings. The van der Waals surface area contributed by atoms with Crippen LogP contribution in [0.4, 0.5) is 5.82 Å². The predicted octanol–water partition coefficient (Wildman–Crippen LogP) is 2.83. The number of H-pyrrole nitrogens is 1. The standard InChI is InChI=1S/C14H13N3O/c1-8-2-5-13(18)11(6-8)9-3-4-10-12(7-9)16-17-14(10)15/h2-7,18H,1H3,(H3,15,16,17). The fraction of sp³-hybridized carbons (Fsp3) is 0.0714. The van der Waals surface area contributed by atoms with Gasteiger partial charge in [0.05, 0.1) is 5.52 Å². The zero-order valence-corrected chi connectivity index (χ0v) is 9.94. The molecule has 1 aromatic heterocycles. The Morgan fingerprint density at radius 3 is 2.83 bits per heavy atom. The summed E-state index contributed by atoms with van der Waals surface area (Å²) in [6, 6.07) is 11.3. The number of nitrogens with zero attached hydrogens (tertiary/aromatic N) is 1. The topological polar surface area (TPSA) is 74.9 Å². The Kier molecular flexibility index (Phi) is 2.23. The predicted molar refractivity (Wildman–Crippen MR) is 72.3 cm³/mol. The number of benzene rings is 2. The summed E-state index contributed by atoms with van der Waals surface area (Å²) in [5.74, 6) is 0.762. The number of hydrogen-bond acceptors (Lipinski definition) is 3. The molecule has 0 bridgehead atoms. The first kappa shape index (κ1) is 10.7. The highest BCUT2D eigenvalue weighted by Crippen LogP contribution is 2.32. The zero-order valence-electron chi connectivity index (χ0n) is 9.94. The summed E-state index contributed by atoms with van der Waals surface area (Å²) in [6.45, 7) is 2.00. The summed E-state index contributed by atoms with van der Waals surface area (Å²) < 4.78 is 0. The van der Waals surface area contributed by atoms with Crippen LogP contribution < -0.4 is 5.73 Å². The quantitative estimate of drug-likeness (QED) is 0.611. The Balaban J connectivity index is 2.22. The molecule has 0 aliphatic rings. The van der Waals surface area contributed by atoms with Crippen molar-refractivity contribution in [1.82, 2.24) is 10.2 Å². The normalized spacial score (nSPS) is 10.9. The van der Waals surface area contributed by atoms with E-state index in [1.807, 2.05) is 37.3 Å². The van der Waals surface area contributed by atoms with E-state index in [0.29, 0.717) is 5.82 Å². The van der Waals surface area contributed by atoms with Crippen LogP contribution in [0.2, 0.25) is 0 Å². The van der Waals surface area contributed by atoms with Crippen molar-refractivity contribution in [3.63, 3.8) is 0 Å². The van der Waals surface area contributed by atoms with Crippen molar-refractivity contribution < 1.29 is 5.11 Å². The number of nitrogens with one attached hydrogen (secondary N) is 1. The SMILES string of the molecule is Cc1ccc(O)c(-c2ccc3c(N)n[nH]c3c2)c1. The van der Waals surface area contributed by atoms with Crippen LogP contribution >= 0.6 is 0 Å². The van der Waals surface area contributed by atoms with Crippen LogP contribution in [-0.2, 0) is 0 Å². The summed E-state index contributed by atoms with van der Waals surface area (Å²) >= 11 is 0. The van der Waals surface area contributed by atoms with E-state index in [1.54, 1.807) is 6.07 Å². The lowest BCUT2D eigenvalue weighted by atomic mass is 10.0. The van der Waals surface area contributed by atoms with Gasteiger partial charge >= 0.3 is 0 Å². The highest BCUT2D eigenvalue weighted by Gasteiger charge is 2.07. The van der Waals surface area contributed by atoms with E-state index in [4.69, 9.17) is 5.73 Å². The van der Waals surface area contributed by atoms with Crippen LogP contribution in [0.5, 0.6) is 5.75 Å². The van der Waals surface area contributed by atoms with Gasteiger partial charge in [-0.05, 0) is 36.8 Å². The van der Waals surface area contributed by atoms with Gasteiger partial charge in [-0.15, -0.1) is 0 Å². The number of anilines is 1. The van der Waals surface area contributed by atoms with Gasteiger partial charge in [-0.3, -0.25) is 5.10 Å². The van der Waals surface area contributed by atoms with Crippen LogP contribution in [0.1, 0.15) is 5.56 Å². The first-order chi connectivity index (χ1) is 8.65. The Hall–Kier alpha value is -2.49. The van der Waals surface area contributed by atoms with E-state index >= 15 is 0 Å². The molecular weight excluding hydrogens is 226 g/mol. The summed E-state index contributed by atoms with van der Waals surface area (Å²) in [4.78, 5) is 0. The van der Waals surface area contributed by atoms with Crippen molar-refractivity contribution >= 4 is 16.7 Å². The molecule has 0 aliphatic heterocycles. The molecule has 0 saturated heterocycles. The number of phenolic OH excluding ortho intramolecular Hbond substituents is 1. The zero-order chi connectivity index (χ0) is 12.7. The van der Waals surface area contributed by atoms with Crippen LogP contribution in [0.3, 0.4) is 0 Å². The summed E-state index contributed by atoms with van der Waals surface area (Å²) in [7, 11) is 0. The third-order valence-corrected chi connectivity index (χ3v) is 3.06. The summed E-state index contributed by atoms with van der Waals surface area (Å²) in [6.07, 6.45) is 0. The number of aromatic amines is 1. The maximum atomic E-state index is 9.92. The van der Waals surface area contributed by atoms with E-state index < -0.39 is 0 Å². The summed E-state index contributed by atoms with van der Waals surface area (Å²) in [5, 5.41) is 17.6. The van der Waals surface area contributed by atoms with E-state index in [0.717, 1.165) is 27.6 Å². The van der Waals surface area contributed by atoms with Crippen molar-refractivity contribution in [3.05, 3.63) is 42.0 Å². The number of nitrogen functional groups attached to an aromatic ring is 1. The molecule has 4 N–H and O–H groups in total. The highest BCUT2D eigenvalue weighted by molar-refractivity contribution is 5.92. The molecule has 4 nitrogen and oxygen atoms in total. The lowest BCUT2D eigenvalue weighted by Crippen LogP contribution is -1.84. The van der Waals surface area contributed by atoms with E-state index in [1.165, 1.54) is 0 Å². The number of aromatic nitrogens is 2. The van der Waals surface area contributed by atoms with E-state index in [9.17, 15) is 5.11 Å². The molecule has 0 amide bonds. The average Bonchev–Trinajstić information content (AvgIpc) is 2.74. The maximum absolute atomic E-state index is 9.92. The Morgan fingerprint density at radius 1 is 1.17 bits per heavy atom. The van der Waals surface area contributed by atoms with Crippen LogP contribution in [0.25, 0.3) is 22.0 Å². The summed E-state index contributed by atoms with van der Waals surface area (Å²) in [5.41, 5.74) is 9.45. The second-order valence-electron chi connectivity index (χ2n) is 4.39. The van der Waals surface area contributed by atoms with Gasteiger partial charge in [0.25, 0.3) is 0 Å². The van der Waals surface area contributed by atoms with Gasteiger partial charge in [0, 0.05) is 10.9 Å². The fourth-order valence-corrected chi connectivity index (χ4v) is 2.09. The van der Waals surface area contributed by atoms with E-state index in [-0.39, 0.29) is 5.75 Å². The molecule has 0 saturated carbocycles. The number of aryl methyl sites for hydroxylation is 1. The molecule has 90 valence electrons. The molecule has 0 fully saturated rings. The first-order valence-corrected chi connectivity index (χ1v) is 5.69. The second kappa shape index (κ2) is 3.77. The van der Waals surface area contributed by atoms with E-state index in [2.05, 4.69) is 10.2 Å². The van der Waals surface area contributed by atoms with Crippen molar-refractivity contribution in [2.24, 2.45) is 0 Å². The Labute approximate surface area is 104 Å². The third kappa shape index (κ3) is 1.59. The Morgan fingerprint density at radius 2 is 2.00 bits per heavy atom. The smallest absolute Gasteiger partial charge is 0.153 e. The van der Waals surface area contributed by atoms with Crippen molar-refractivity contribution in [2.45, 2.75) is 6.92 Å². The van der Waals surface area contributed by atoms with Crippen molar-refractivity contribution in [2.75, 3.05) is 5.73 Å². The molecule has 3 rings (SSSR count). The highest BCUT2D eigenvalue weighted by atomic mass is 16.3. The number of nitrogens with two attached hydrogens (primary N) is 1. The molecule has 0 spiro atoms. The van der Waals surface area contributed by atoms with Crippen LogP contribution in [0.15, 0.2) is 36.4 Å². The largest absolute Gasteiger partial charge is 0.507 e. The van der Waals surface area contributed by atoms with Crippen LogP contribution in [-0.4, -0.2) is 15.3 Å². The molecule has 0 aliphatic carbocycles. The minimum atomic E-state index is 0.271. The van der Waals surface area contributed by atoms with Gasteiger partial charge in [-0.1, -0.05) is 17.7 Å². The van der Waals surface area contributed by atoms with Gasteiger partial charge in [0.15, 0.2) is 5.82 Å². The second-order valence-corrected chi connectivity index (χ2v) is 4.39. The minimum Gasteiger partial charge on any atom is -0.507 e. The van der Waals surface area contributed by atoms with Crippen molar-refractivity contribution in [3.8, 4) is 16.9 Å². The molecule has 1 heterocycles. The number of hydrogen-bond donors (Lipinski definition) is 3.